The molecule has 0 aliphatic carbocycles. The second kappa shape index (κ2) is 5.58. The molecular formula is C15H15BrN2OS. The fourth-order valence-electron chi connectivity index (χ4n) is 2.49. The maximum atomic E-state index is 12.5. The van der Waals surface area contributed by atoms with Gasteiger partial charge in [-0.15, -0.1) is 11.3 Å². The molecule has 1 unspecified atom stereocenters. The first-order valence-electron chi connectivity index (χ1n) is 6.46. The first kappa shape index (κ1) is 13.6. The number of hydrogen-bond donors (Lipinski definition) is 1. The molecule has 1 aromatic heterocycles. The Balaban J connectivity index is 1.65. The number of halogens is 1. The van der Waals surface area contributed by atoms with E-state index in [2.05, 4.69) is 38.8 Å². The zero-order valence-electron chi connectivity index (χ0n) is 11.1. The zero-order valence-corrected chi connectivity index (χ0v) is 13.5. The minimum Gasteiger partial charge on any atom is -0.373 e. The van der Waals surface area contributed by atoms with Gasteiger partial charge in [0, 0.05) is 25.7 Å². The molecule has 1 amide bonds. The van der Waals surface area contributed by atoms with Crippen molar-refractivity contribution in [3.63, 3.8) is 0 Å². The molecule has 2 heterocycles. The monoisotopic (exact) mass is 350 g/mol. The maximum absolute atomic E-state index is 12.5. The number of thiophene rings is 1. The third-order valence-corrected chi connectivity index (χ3v) is 5.04. The first-order valence-corrected chi connectivity index (χ1v) is 8.13. The fraction of sp³-hybridized carbons (Fsp3) is 0.267. The van der Waals surface area contributed by atoms with Crippen molar-refractivity contribution >= 4 is 38.9 Å². The van der Waals surface area contributed by atoms with Crippen molar-refractivity contribution < 1.29 is 4.79 Å². The molecule has 1 N–H and O–H groups in total. The highest BCUT2D eigenvalue weighted by Crippen LogP contribution is 2.26. The molecular weight excluding hydrogens is 336 g/mol. The molecule has 3 nitrogen and oxygen atoms in total. The van der Waals surface area contributed by atoms with E-state index in [4.69, 9.17) is 0 Å². The zero-order chi connectivity index (χ0) is 14.1. The van der Waals surface area contributed by atoms with Crippen molar-refractivity contribution in [1.82, 2.24) is 4.90 Å². The van der Waals surface area contributed by atoms with Crippen LogP contribution in [0.4, 0.5) is 5.69 Å². The van der Waals surface area contributed by atoms with Crippen LogP contribution in [0.5, 0.6) is 0 Å². The van der Waals surface area contributed by atoms with Crippen molar-refractivity contribution in [3.8, 4) is 0 Å². The van der Waals surface area contributed by atoms with Crippen LogP contribution in [0.25, 0.3) is 0 Å². The van der Waals surface area contributed by atoms with Crippen molar-refractivity contribution in [2.24, 2.45) is 0 Å². The lowest BCUT2D eigenvalue weighted by Gasteiger charge is -2.21. The summed E-state index contributed by atoms with van der Waals surface area (Å²) in [4.78, 5) is 14.3. The summed E-state index contributed by atoms with van der Waals surface area (Å²) in [6, 6.07) is 10.0. The van der Waals surface area contributed by atoms with E-state index in [1.807, 2.05) is 25.2 Å². The number of rotatable bonds is 3. The summed E-state index contributed by atoms with van der Waals surface area (Å²) in [5.74, 6) is 0.142. The number of nitrogens with one attached hydrogen (secondary N) is 1. The number of likely N-dealkylation sites (N-methyl/N-ethyl adjacent to an activating group) is 1. The Labute approximate surface area is 130 Å². The van der Waals surface area contributed by atoms with Gasteiger partial charge in [-0.05, 0) is 44.6 Å². The lowest BCUT2D eigenvalue weighted by atomic mass is 10.1. The number of amides is 1. The summed E-state index contributed by atoms with van der Waals surface area (Å²) in [5.41, 5.74) is 3.46. The van der Waals surface area contributed by atoms with Crippen LogP contribution in [0, 0.1) is 0 Å². The average Bonchev–Trinajstić information content (AvgIpc) is 3.03. The molecule has 1 atom stereocenters. The second-order valence-electron chi connectivity index (χ2n) is 5.01. The molecule has 1 aliphatic heterocycles. The minimum absolute atomic E-state index is 0.139. The van der Waals surface area contributed by atoms with Crippen molar-refractivity contribution in [1.29, 1.82) is 0 Å². The Kier molecular flexibility index (Phi) is 3.81. The predicted molar refractivity (Wildman–Crippen MR) is 86.0 cm³/mol. The van der Waals surface area contributed by atoms with E-state index in [1.165, 1.54) is 5.56 Å². The number of anilines is 1. The summed E-state index contributed by atoms with van der Waals surface area (Å²) >= 11 is 5.09. The van der Waals surface area contributed by atoms with Gasteiger partial charge >= 0.3 is 0 Å². The van der Waals surface area contributed by atoms with Crippen molar-refractivity contribution in [2.75, 3.05) is 12.4 Å². The van der Waals surface area contributed by atoms with Crippen LogP contribution in [0.2, 0.25) is 0 Å². The highest BCUT2D eigenvalue weighted by atomic mass is 79.9. The molecule has 0 spiro atoms. The lowest BCUT2D eigenvalue weighted by Crippen LogP contribution is -2.39. The summed E-state index contributed by atoms with van der Waals surface area (Å²) in [6.45, 7) is 0.648. The Morgan fingerprint density at radius 2 is 2.30 bits per heavy atom. The van der Waals surface area contributed by atoms with Crippen LogP contribution in [0.3, 0.4) is 0 Å². The van der Waals surface area contributed by atoms with E-state index in [0.29, 0.717) is 6.54 Å². The smallest absolute Gasteiger partial charge is 0.245 e. The molecule has 3 rings (SSSR count). The Morgan fingerprint density at radius 1 is 1.50 bits per heavy atom. The van der Waals surface area contributed by atoms with E-state index in [1.54, 1.807) is 16.2 Å². The molecule has 1 aromatic carbocycles. The second-order valence-corrected chi connectivity index (χ2v) is 7.30. The van der Waals surface area contributed by atoms with E-state index >= 15 is 0 Å². The number of fused-ring (bicyclic) bond motifs is 1. The van der Waals surface area contributed by atoms with Crippen LogP contribution in [0.15, 0.2) is 39.5 Å². The Hall–Kier alpha value is -1.33. The van der Waals surface area contributed by atoms with E-state index < -0.39 is 0 Å². The Bertz CT molecular complexity index is 615. The van der Waals surface area contributed by atoms with Gasteiger partial charge in [0.05, 0.1) is 3.79 Å². The molecule has 0 fully saturated rings. The highest BCUT2D eigenvalue weighted by molar-refractivity contribution is 9.11. The quantitative estimate of drug-likeness (QED) is 0.918. The molecule has 2 aromatic rings. The predicted octanol–water partition coefficient (Wildman–Crippen LogP) is 3.51. The number of hydrogen-bond acceptors (Lipinski definition) is 3. The number of benzene rings is 1. The van der Waals surface area contributed by atoms with Crippen LogP contribution in [0.1, 0.15) is 11.1 Å². The largest absolute Gasteiger partial charge is 0.373 e. The molecule has 0 bridgehead atoms. The van der Waals surface area contributed by atoms with E-state index in [0.717, 1.165) is 21.5 Å². The third kappa shape index (κ3) is 2.74. The number of carbonyl (C=O) groups is 1. The van der Waals surface area contributed by atoms with Gasteiger partial charge in [-0.3, -0.25) is 4.79 Å². The number of nitrogens with zero attached hydrogens (tertiary/aromatic N) is 1. The highest BCUT2D eigenvalue weighted by Gasteiger charge is 2.28. The minimum atomic E-state index is -0.139. The van der Waals surface area contributed by atoms with Crippen LogP contribution >= 0.6 is 27.3 Å². The number of para-hydroxylation sites is 1. The fourth-order valence-corrected chi connectivity index (χ4v) is 3.69. The number of carbonyl (C=O) groups excluding carboxylic acids is 1. The SMILES string of the molecule is CN(Cc1csc(Br)c1)C(=O)C1Cc2ccccc2N1. The summed E-state index contributed by atoms with van der Waals surface area (Å²) < 4.78 is 1.10. The molecule has 0 saturated heterocycles. The molecule has 104 valence electrons. The average molecular weight is 351 g/mol. The summed E-state index contributed by atoms with van der Waals surface area (Å²) in [5, 5.41) is 5.38. The van der Waals surface area contributed by atoms with Gasteiger partial charge in [-0.2, -0.15) is 0 Å². The van der Waals surface area contributed by atoms with Gasteiger partial charge in [0.25, 0.3) is 0 Å². The van der Waals surface area contributed by atoms with Gasteiger partial charge in [0.1, 0.15) is 6.04 Å². The Morgan fingerprint density at radius 3 is 3.00 bits per heavy atom. The topological polar surface area (TPSA) is 32.3 Å². The standard InChI is InChI=1S/C15H15BrN2OS/c1-18(8-10-6-14(16)20-9-10)15(19)13-7-11-4-2-3-5-12(11)17-13/h2-6,9,13,17H,7-8H2,1H3. The van der Waals surface area contributed by atoms with Crippen LogP contribution < -0.4 is 5.32 Å². The van der Waals surface area contributed by atoms with Gasteiger partial charge < -0.3 is 10.2 Å². The van der Waals surface area contributed by atoms with E-state index in [-0.39, 0.29) is 11.9 Å². The normalized spacial score (nSPS) is 16.6. The molecule has 20 heavy (non-hydrogen) atoms. The molecule has 5 heteroatoms. The molecule has 0 radical (unpaired) electrons. The van der Waals surface area contributed by atoms with Gasteiger partial charge in [0.15, 0.2) is 0 Å². The van der Waals surface area contributed by atoms with E-state index in [9.17, 15) is 4.79 Å². The van der Waals surface area contributed by atoms with Crippen molar-refractivity contribution in [2.45, 2.75) is 19.0 Å². The van der Waals surface area contributed by atoms with Gasteiger partial charge in [-0.1, -0.05) is 18.2 Å². The van der Waals surface area contributed by atoms with Crippen molar-refractivity contribution in [3.05, 3.63) is 50.6 Å². The summed E-state index contributed by atoms with van der Waals surface area (Å²) in [7, 11) is 1.86. The molecule has 1 aliphatic rings. The maximum Gasteiger partial charge on any atom is 0.245 e. The molecule has 0 saturated carbocycles. The third-order valence-electron chi connectivity index (χ3n) is 3.49. The van der Waals surface area contributed by atoms with Gasteiger partial charge in [-0.25, -0.2) is 0 Å². The lowest BCUT2D eigenvalue weighted by molar-refractivity contribution is -0.131. The van der Waals surface area contributed by atoms with Crippen LogP contribution in [-0.4, -0.2) is 23.9 Å². The van der Waals surface area contributed by atoms with Gasteiger partial charge in [0.2, 0.25) is 5.91 Å². The first-order chi connectivity index (χ1) is 9.63. The van der Waals surface area contributed by atoms with Crippen LogP contribution in [-0.2, 0) is 17.8 Å². The summed E-state index contributed by atoms with van der Waals surface area (Å²) in [6.07, 6.45) is 0.771.